The Bertz CT molecular complexity index is 258. The van der Waals surface area contributed by atoms with Crippen LogP contribution in [0.5, 0.6) is 0 Å². The van der Waals surface area contributed by atoms with E-state index in [0.29, 0.717) is 6.42 Å². The summed E-state index contributed by atoms with van der Waals surface area (Å²) >= 11 is 0. The van der Waals surface area contributed by atoms with Crippen LogP contribution in [0.1, 0.15) is 110 Å². The summed E-state index contributed by atoms with van der Waals surface area (Å²) in [4.78, 5) is 10.3. The van der Waals surface area contributed by atoms with Crippen molar-refractivity contribution in [3.8, 4) is 0 Å². The van der Waals surface area contributed by atoms with Gasteiger partial charge in [0.1, 0.15) is 0 Å². The molecule has 0 fully saturated rings. The van der Waals surface area contributed by atoms with Crippen LogP contribution in [-0.4, -0.2) is 11.1 Å². The number of rotatable bonds is 17. The number of hydrogen-bond donors (Lipinski definition) is 1. The second-order valence-electron chi connectivity index (χ2n) is 6.44. The fourth-order valence-electron chi connectivity index (χ4n) is 2.72. The monoisotopic (exact) mass is 310 g/mol. The van der Waals surface area contributed by atoms with Crippen molar-refractivity contribution in [1.29, 1.82) is 0 Å². The number of carbonyl (C=O) groups is 1. The van der Waals surface area contributed by atoms with Crippen LogP contribution in [0.3, 0.4) is 0 Å². The summed E-state index contributed by atoms with van der Waals surface area (Å²) in [7, 11) is 0. The standard InChI is InChI=1S/C20H38O2/c1-2-3-4-5-6-7-8-9-10-11-12-13-14-15-16-17-18-19-20(21)22/h16-17H,2-15,18-19H2,1H3,(H,21,22)/b17-16+. The Morgan fingerprint density at radius 3 is 1.55 bits per heavy atom. The zero-order chi connectivity index (χ0) is 16.3. The third-order valence-corrected chi connectivity index (χ3v) is 4.17. The van der Waals surface area contributed by atoms with Crippen molar-refractivity contribution < 1.29 is 9.90 Å². The Hall–Kier alpha value is -0.790. The van der Waals surface area contributed by atoms with Gasteiger partial charge in [0.2, 0.25) is 0 Å². The normalized spacial score (nSPS) is 11.3. The molecule has 130 valence electrons. The molecule has 0 rings (SSSR count). The highest BCUT2D eigenvalue weighted by Gasteiger charge is 1.94. The summed E-state index contributed by atoms with van der Waals surface area (Å²) in [5.41, 5.74) is 0. The van der Waals surface area contributed by atoms with Gasteiger partial charge in [0.15, 0.2) is 0 Å². The molecule has 1 N–H and O–H groups in total. The average Bonchev–Trinajstić information content (AvgIpc) is 2.50. The number of hydrogen-bond acceptors (Lipinski definition) is 1. The molecule has 0 aromatic heterocycles. The lowest BCUT2D eigenvalue weighted by Crippen LogP contribution is -1.91. The Morgan fingerprint density at radius 1 is 0.682 bits per heavy atom. The van der Waals surface area contributed by atoms with E-state index in [1.54, 1.807) is 0 Å². The Morgan fingerprint density at radius 2 is 1.09 bits per heavy atom. The molecule has 0 aromatic carbocycles. The van der Waals surface area contributed by atoms with E-state index < -0.39 is 5.97 Å². The number of carboxylic acid groups (broad SMARTS) is 1. The molecule has 0 aliphatic heterocycles. The quantitative estimate of drug-likeness (QED) is 0.234. The summed E-state index contributed by atoms with van der Waals surface area (Å²) in [6.45, 7) is 2.27. The van der Waals surface area contributed by atoms with E-state index in [1.165, 1.54) is 83.5 Å². The van der Waals surface area contributed by atoms with Gasteiger partial charge in [-0.05, 0) is 19.3 Å². The summed E-state index contributed by atoms with van der Waals surface area (Å²) in [6, 6.07) is 0. The summed E-state index contributed by atoms with van der Waals surface area (Å²) in [6.07, 6.45) is 24.3. The number of unbranched alkanes of at least 4 members (excludes halogenated alkanes) is 13. The minimum Gasteiger partial charge on any atom is -0.481 e. The lowest BCUT2D eigenvalue weighted by Gasteiger charge is -2.02. The molecule has 22 heavy (non-hydrogen) atoms. The molecule has 0 unspecified atom stereocenters. The van der Waals surface area contributed by atoms with Crippen LogP contribution in [0.25, 0.3) is 0 Å². The first-order chi connectivity index (χ1) is 10.8. The first-order valence-corrected chi connectivity index (χ1v) is 9.64. The second-order valence-corrected chi connectivity index (χ2v) is 6.44. The molecule has 0 spiro atoms. The topological polar surface area (TPSA) is 37.3 Å². The average molecular weight is 311 g/mol. The summed E-state index contributed by atoms with van der Waals surface area (Å²) in [5.74, 6) is -0.703. The first-order valence-electron chi connectivity index (χ1n) is 9.64. The minimum absolute atomic E-state index is 0.259. The fourth-order valence-corrected chi connectivity index (χ4v) is 2.72. The van der Waals surface area contributed by atoms with Crippen molar-refractivity contribution in [3.63, 3.8) is 0 Å². The van der Waals surface area contributed by atoms with E-state index in [-0.39, 0.29) is 6.42 Å². The lowest BCUT2D eigenvalue weighted by atomic mass is 10.0. The predicted octanol–water partition coefficient (Wildman–Crippen LogP) is 6.89. The van der Waals surface area contributed by atoms with Gasteiger partial charge in [-0.1, -0.05) is 96.1 Å². The lowest BCUT2D eigenvalue weighted by molar-refractivity contribution is -0.136. The molecule has 0 aliphatic carbocycles. The molecule has 0 bridgehead atoms. The Kier molecular flexibility index (Phi) is 17.6. The maximum absolute atomic E-state index is 10.3. The molecule has 0 atom stereocenters. The van der Waals surface area contributed by atoms with Crippen LogP contribution in [0.4, 0.5) is 0 Å². The van der Waals surface area contributed by atoms with E-state index in [2.05, 4.69) is 13.0 Å². The van der Waals surface area contributed by atoms with E-state index >= 15 is 0 Å². The third-order valence-electron chi connectivity index (χ3n) is 4.17. The van der Waals surface area contributed by atoms with Crippen molar-refractivity contribution in [2.75, 3.05) is 0 Å². The van der Waals surface area contributed by atoms with Crippen LogP contribution < -0.4 is 0 Å². The van der Waals surface area contributed by atoms with E-state index in [4.69, 9.17) is 5.11 Å². The van der Waals surface area contributed by atoms with Crippen LogP contribution in [0, 0.1) is 0 Å². The second kappa shape index (κ2) is 18.3. The Labute approximate surface area is 138 Å². The molecule has 0 aromatic rings. The Balaban J connectivity index is 3.04. The van der Waals surface area contributed by atoms with Crippen LogP contribution in [0.15, 0.2) is 12.2 Å². The molecule has 0 amide bonds. The van der Waals surface area contributed by atoms with Crippen molar-refractivity contribution >= 4 is 5.97 Å². The molecule has 0 aliphatic rings. The van der Waals surface area contributed by atoms with Crippen molar-refractivity contribution in [1.82, 2.24) is 0 Å². The van der Waals surface area contributed by atoms with Crippen molar-refractivity contribution in [3.05, 3.63) is 12.2 Å². The maximum atomic E-state index is 10.3. The molecule has 2 nitrogen and oxygen atoms in total. The van der Waals surface area contributed by atoms with Crippen molar-refractivity contribution in [2.45, 2.75) is 110 Å². The SMILES string of the molecule is CCCCCCCCCCCCCCC/C=C/CCC(=O)O. The summed E-state index contributed by atoms with van der Waals surface area (Å²) in [5, 5.41) is 8.51. The fraction of sp³-hybridized carbons (Fsp3) is 0.850. The largest absolute Gasteiger partial charge is 0.481 e. The van der Waals surface area contributed by atoms with Gasteiger partial charge in [-0.3, -0.25) is 4.79 Å². The van der Waals surface area contributed by atoms with Gasteiger partial charge in [0, 0.05) is 6.42 Å². The number of carboxylic acids is 1. The van der Waals surface area contributed by atoms with Crippen molar-refractivity contribution in [2.24, 2.45) is 0 Å². The van der Waals surface area contributed by atoms with Crippen LogP contribution in [-0.2, 0) is 4.79 Å². The highest BCUT2D eigenvalue weighted by atomic mass is 16.4. The van der Waals surface area contributed by atoms with Gasteiger partial charge in [0.05, 0.1) is 0 Å². The molecular weight excluding hydrogens is 272 g/mol. The van der Waals surface area contributed by atoms with Gasteiger partial charge < -0.3 is 5.11 Å². The third kappa shape index (κ3) is 19.2. The highest BCUT2D eigenvalue weighted by Crippen LogP contribution is 2.13. The zero-order valence-corrected chi connectivity index (χ0v) is 14.8. The molecule has 0 heterocycles. The number of aliphatic carboxylic acids is 1. The summed E-state index contributed by atoms with van der Waals surface area (Å²) < 4.78 is 0. The molecule has 0 saturated heterocycles. The van der Waals surface area contributed by atoms with Crippen LogP contribution >= 0.6 is 0 Å². The highest BCUT2D eigenvalue weighted by molar-refractivity contribution is 5.66. The van der Waals surface area contributed by atoms with E-state index in [9.17, 15) is 4.79 Å². The van der Waals surface area contributed by atoms with Crippen LogP contribution in [0.2, 0.25) is 0 Å². The van der Waals surface area contributed by atoms with E-state index in [0.717, 1.165) is 6.42 Å². The number of allylic oxidation sites excluding steroid dienone is 2. The smallest absolute Gasteiger partial charge is 0.303 e. The molecule has 0 radical (unpaired) electrons. The van der Waals surface area contributed by atoms with Gasteiger partial charge in [-0.2, -0.15) is 0 Å². The minimum atomic E-state index is -0.703. The zero-order valence-electron chi connectivity index (χ0n) is 14.8. The van der Waals surface area contributed by atoms with Gasteiger partial charge in [0.25, 0.3) is 0 Å². The first kappa shape index (κ1) is 21.2. The van der Waals surface area contributed by atoms with Gasteiger partial charge >= 0.3 is 5.97 Å². The molecule has 2 heteroatoms. The van der Waals surface area contributed by atoms with E-state index in [1.807, 2.05) is 6.08 Å². The molecule has 0 saturated carbocycles. The molecular formula is C20H38O2. The maximum Gasteiger partial charge on any atom is 0.303 e. The predicted molar refractivity (Wildman–Crippen MR) is 96.3 cm³/mol. The van der Waals surface area contributed by atoms with Gasteiger partial charge in [-0.25, -0.2) is 0 Å². The van der Waals surface area contributed by atoms with Gasteiger partial charge in [-0.15, -0.1) is 0 Å².